The lowest BCUT2D eigenvalue weighted by atomic mass is 10.1. The molecular formula is C15H18N4O5. The molecule has 0 saturated carbocycles. The average Bonchev–Trinajstić information content (AvgIpc) is 2.97. The number of aromatic nitrogens is 2. The normalized spacial score (nSPS) is 10.3. The van der Waals surface area contributed by atoms with E-state index in [4.69, 9.17) is 9.47 Å². The maximum Gasteiger partial charge on any atom is 0.286 e. The molecule has 0 unspecified atom stereocenters. The van der Waals surface area contributed by atoms with E-state index in [0.717, 1.165) is 5.56 Å². The van der Waals surface area contributed by atoms with E-state index in [1.807, 2.05) is 0 Å². The minimum absolute atomic E-state index is 0.0657. The lowest BCUT2D eigenvalue weighted by Crippen LogP contribution is -2.26. The maximum atomic E-state index is 12.6. The number of nitro benzene ring substituents is 1. The zero-order chi connectivity index (χ0) is 17.9. The Labute approximate surface area is 138 Å². The fourth-order valence-corrected chi connectivity index (χ4v) is 2.30. The number of amides is 1. The molecule has 128 valence electrons. The van der Waals surface area contributed by atoms with Gasteiger partial charge in [-0.3, -0.25) is 19.6 Å². The van der Waals surface area contributed by atoms with Crippen LogP contribution in [0.15, 0.2) is 24.5 Å². The number of carbonyl (C=O) groups is 1. The molecule has 0 radical (unpaired) electrons. The molecule has 2 rings (SSSR count). The summed E-state index contributed by atoms with van der Waals surface area (Å²) in [7, 11) is 6.11. The van der Waals surface area contributed by atoms with Crippen molar-refractivity contribution in [2.45, 2.75) is 6.54 Å². The van der Waals surface area contributed by atoms with E-state index in [-0.39, 0.29) is 29.3 Å². The van der Waals surface area contributed by atoms with Crippen molar-refractivity contribution in [3.8, 4) is 11.5 Å². The summed E-state index contributed by atoms with van der Waals surface area (Å²) >= 11 is 0. The highest BCUT2D eigenvalue weighted by atomic mass is 16.6. The molecule has 0 aliphatic rings. The van der Waals surface area contributed by atoms with Gasteiger partial charge >= 0.3 is 0 Å². The van der Waals surface area contributed by atoms with Gasteiger partial charge in [-0.25, -0.2) is 0 Å². The number of hydrogen-bond donors (Lipinski definition) is 0. The molecule has 1 aromatic carbocycles. The standard InChI is InChI=1S/C15H18N4O5/c1-17(8-10-7-16-18(2)9-10)15(20)11-5-13(23-3)14(24-4)6-12(11)19(21)22/h5-7,9H,8H2,1-4H3. The number of benzene rings is 1. The Bertz CT molecular complexity index is 771. The molecule has 1 heterocycles. The second-order valence-electron chi connectivity index (χ2n) is 5.16. The van der Waals surface area contributed by atoms with Crippen molar-refractivity contribution in [3.63, 3.8) is 0 Å². The minimum Gasteiger partial charge on any atom is -0.493 e. The van der Waals surface area contributed by atoms with Gasteiger partial charge in [0.2, 0.25) is 0 Å². The van der Waals surface area contributed by atoms with Crippen molar-refractivity contribution in [2.75, 3.05) is 21.3 Å². The van der Waals surface area contributed by atoms with Crippen LogP contribution in [0.4, 0.5) is 5.69 Å². The van der Waals surface area contributed by atoms with Crippen molar-refractivity contribution in [3.05, 3.63) is 45.8 Å². The Balaban J connectivity index is 2.37. The molecule has 9 nitrogen and oxygen atoms in total. The van der Waals surface area contributed by atoms with Crippen LogP contribution in [0.3, 0.4) is 0 Å². The van der Waals surface area contributed by atoms with Crippen LogP contribution in [0.1, 0.15) is 15.9 Å². The largest absolute Gasteiger partial charge is 0.493 e. The van der Waals surface area contributed by atoms with Crippen LogP contribution < -0.4 is 9.47 Å². The smallest absolute Gasteiger partial charge is 0.286 e. The minimum atomic E-state index is -0.618. The number of ether oxygens (including phenoxy) is 2. The van der Waals surface area contributed by atoms with Crippen LogP contribution in [0.2, 0.25) is 0 Å². The monoisotopic (exact) mass is 334 g/mol. The molecule has 9 heteroatoms. The molecular weight excluding hydrogens is 316 g/mol. The SMILES string of the molecule is COc1cc(C(=O)N(C)Cc2cnn(C)c2)c([N+](=O)[O-])cc1OC. The fourth-order valence-electron chi connectivity index (χ4n) is 2.30. The Kier molecular flexibility index (Phi) is 5.02. The predicted molar refractivity (Wildman–Crippen MR) is 85.2 cm³/mol. The zero-order valence-corrected chi connectivity index (χ0v) is 13.8. The quantitative estimate of drug-likeness (QED) is 0.588. The first kappa shape index (κ1) is 17.3. The first-order valence-corrected chi connectivity index (χ1v) is 7.00. The Hall–Kier alpha value is -3.10. The molecule has 0 fully saturated rings. The van der Waals surface area contributed by atoms with Crippen molar-refractivity contribution in [1.29, 1.82) is 0 Å². The Morgan fingerprint density at radius 2 is 1.96 bits per heavy atom. The summed E-state index contributed by atoms with van der Waals surface area (Å²) in [6.45, 7) is 0.276. The molecule has 0 aliphatic carbocycles. The second kappa shape index (κ2) is 6.99. The van der Waals surface area contributed by atoms with E-state index in [9.17, 15) is 14.9 Å². The number of carbonyl (C=O) groups excluding carboxylic acids is 1. The molecule has 1 aromatic heterocycles. The van der Waals surface area contributed by atoms with Gasteiger partial charge < -0.3 is 14.4 Å². The van der Waals surface area contributed by atoms with Gasteiger partial charge in [0, 0.05) is 38.5 Å². The Morgan fingerprint density at radius 3 is 2.46 bits per heavy atom. The molecule has 0 aliphatic heterocycles. The molecule has 0 atom stereocenters. The van der Waals surface area contributed by atoms with E-state index in [0.29, 0.717) is 0 Å². The first-order chi connectivity index (χ1) is 11.4. The van der Waals surface area contributed by atoms with Crippen LogP contribution >= 0.6 is 0 Å². The van der Waals surface area contributed by atoms with Crippen LogP contribution in [-0.2, 0) is 13.6 Å². The van der Waals surface area contributed by atoms with Crippen molar-refractivity contribution < 1.29 is 19.2 Å². The highest BCUT2D eigenvalue weighted by Gasteiger charge is 2.26. The molecule has 24 heavy (non-hydrogen) atoms. The number of rotatable bonds is 6. The molecule has 0 saturated heterocycles. The summed E-state index contributed by atoms with van der Waals surface area (Å²) in [6.07, 6.45) is 3.40. The van der Waals surface area contributed by atoms with Crippen LogP contribution in [-0.4, -0.2) is 46.8 Å². The lowest BCUT2D eigenvalue weighted by Gasteiger charge is -2.17. The van der Waals surface area contributed by atoms with E-state index in [2.05, 4.69) is 5.10 Å². The van der Waals surface area contributed by atoms with E-state index < -0.39 is 10.8 Å². The molecule has 1 amide bonds. The van der Waals surface area contributed by atoms with E-state index >= 15 is 0 Å². The van der Waals surface area contributed by atoms with Gasteiger partial charge in [-0.05, 0) is 0 Å². The number of nitrogens with zero attached hydrogens (tertiary/aromatic N) is 4. The van der Waals surface area contributed by atoms with Crippen LogP contribution in [0, 0.1) is 10.1 Å². The van der Waals surface area contributed by atoms with E-state index in [1.54, 1.807) is 31.2 Å². The van der Waals surface area contributed by atoms with Crippen molar-refractivity contribution in [1.82, 2.24) is 14.7 Å². The molecule has 0 spiro atoms. The highest BCUT2D eigenvalue weighted by Crippen LogP contribution is 2.35. The predicted octanol–water partition coefficient (Wildman–Crippen LogP) is 1.62. The first-order valence-electron chi connectivity index (χ1n) is 7.00. The third-order valence-corrected chi connectivity index (χ3v) is 3.45. The van der Waals surface area contributed by atoms with Gasteiger partial charge in [0.05, 0.1) is 31.4 Å². The summed E-state index contributed by atoms with van der Waals surface area (Å²) in [5.41, 5.74) is 0.413. The number of aryl methyl sites for hydroxylation is 1. The van der Waals surface area contributed by atoms with Gasteiger partial charge in [0.25, 0.3) is 11.6 Å². The molecule has 0 N–H and O–H groups in total. The van der Waals surface area contributed by atoms with E-state index in [1.165, 1.54) is 31.3 Å². The van der Waals surface area contributed by atoms with Crippen LogP contribution in [0.5, 0.6) is 11.5 Å². The van der Waals surface area contributed by atoms with Crippen LogP contribution in [0.25, 0.3) is 0 Å². The van der Waals surface area contributed by atoms with Gasteiger partial charge in [-0.15, -0.1) is 0 Å². The number of hydrogen-bond acceptors (Lipinski definition) is 6. The van der Waals surface area contributed by atoms with Crippen molar-refractivity contribution in [2.24, 2.45) is 7.05 Å². The summed E-state index contributed by atoms with van der Waals surface area (Å²) in [6, 6.07) is 2.50. The zero-order valence-electron chi connectivity index (χ0n) is 13.8. The number of nitro groups is 1. The summed E-state index contributed by atoms with van der Waals surface area (Å²) < 4.78 is 11.8. The van der Waals surface area contributed by atoms with Gasteiger partial charge in [0.15, 0.2) is 11.5 Å². The number of methoxy groups -OCH3 is 2. The fraction of sp³-hybridized carbons (Fsp3) is 0.333. The van der Waals surface area contributed by atoms with Gasteiger partial charge in [0.1, 0.15) is 5.56 Å². The summed E-state index contributed by atoms with van der Waals surface area (Å²) in [5, 5.41) is 15.3. The third-order valence-electron chi connectivity index (χ3n) is 3.45. The second-order valence-corrected chi connectivity index (χ2v) is 5.16. The van der Waals surface area contributed by atoms with Gasteiger partial charge in [-0.1, -0.05) is 0 Å². The molecule has 2 aromatic rings. The van der Waals surface area contributed by atoms with Gasteiger partial charge in [-0.2, -0.15) is 5.10 Å². The summed E-state index contributed by atoms with van der Waals surface area (Å²) in [4.78, 5) is 24.7. The Morgan fingerprint density at radius 1 is 1.33 bits per heavy atom. The highest BCUT2D eigenvalue weighted by molar-refractivity contribution is 5.98. The van der Waals surface area contributed by atoms with Crippen molar-refractivity contribution >= 4 is 11.6 Å². The maximum absolute atomic E-state index is 12.6. The third kappa shape index (κ3) is 3.45. The lowest BCUT2D eigenvalue weighted by molar-refractivity contribution is -0.385. The molecule has 0 bridgehead atoms. The topological polar surface area (TPSA) is 99.7 Å². The summed E-state index contributed by atoms with van der Waals surface area (Å²) in [5.74, 6) is -0.0524. The average molecular weight is 334 g/mol.